The first kappa shape index (κ1) is 18.5. The number of aryl methyl sites for hydroxylation is 1. The van der Waals surface area contributed by atoms with Gasteiger partial charge < -0.3 is 0 Å². The van der Waals surface area contributed by atoms with Crippen molar-refractivity contribution in [2.75, 3.05) is 0 Å². The monoisotopic (exact) mass is 399 g/mol. The smallest absolute Gasteiger partial charge is 0.207 e. The van der Waals surface area contributed by atoms with Crippen LogP contribution in [-0.4, -0.2) is 13.4 Å². The van der Waals surface area contributed by atoms with Gasteiger partial charge in [-0.2, -0.15) is 0 Å². The lowest BCUT2D eigenvalue weighted by molar-refractivity contribution is 0.437. The predicted molar refractivity (Wildman–Crippen MR) is 109 cm³/mol. The molecular weight excluding hydrogens is 378 g/mol. The lowest BCUT2D eigenvalue weighted by Crippen LogP contribution is -2.10. The number of benzene rings is 2. The van der Waals surface area contributed by atoms with Crippen molar-refractivity contribution >= 4 is 32.3 Å². The molecule has 2 aromatic carbocycles. The summed E-state index contributed by atoms with van der Waals surface area (Å²) in [5.41, 5.74) is 2.55. The van der Waals surface area contributed by atoms with E-state index < -0.39 is 9.84 Å². The highest BCUT2D eigenvalue weighted by Crippen LogP contribution is 2.36. The number of fused-ring (bicyclic) bond motifs is 1. The molecule has 0 amide bonds. The molecule has 0 radical (unpaired) electrons. The van der Waals surface area contributed by atoms with Crippen LogP contribution in [0.25, 0.3) is 10.9 Å². The first-order valence-electron chi connectivity index (χ1n) is 9.37. The third-order valence-corrected chi connectivity index (χ3v) is 7.44. The van der Waals surface area contributed by atoms with Gasteiger partial charge >= 0.3 is 0 Å². The summed E-state index contributed by atoms with van der Waals surface area (Å²) < 4.78 is 26.8. The van der Waals surface area contributed by atoms with E-state index in [4.69, 9.17) is 16.6 Å². The van der Waals surface area contributed by atoms with Crippen LogP contribution in [-0.2, 0) is 9.84 Å². The fourth-order valence-corrected chi connectivity index (χ4v) is 5.52. The minimum atomic E-state index is -3.64. The van der Waals surface area contributed by atoms with Gasteiger partial charge in [0.05, 0.1) is 15.3 Å². The normalized spacial score (nSPS) is 15.9. The fraction of sp³-hybridized carbons (Fsp3) is 0.318. The number of hydrogen-bond acceptors (Lipinski definition) is 3. The van der Waals surface area contributed by atoms with Crippen LogP contribution in [0.15, 0.2) is 58.3 Å². The molecule has 0 bridgehead atoms. The number of nitrogens with zero attached hydrogens (tertiary/aromatic N) is 1. The number of hydrogen-bond donors (Lipinski definition) is 0. The van der Waals surface area contributed by atoms with Gasteiger partial charge in [-0.15, -0.1) is 0 Å². The number of sulfone groups is 1. The highest BCUT2D eigenvalue weighted by Gasteiger charge is 2.25. The van der Waals surface area contributed by atoms with Gasteiger partial charge in [0.2, 0.25) is 9.84 Å². The minimum Gasteiger partial charge on any atom is -0.252 e. The third-order valence-electron chi connectivity index (χ3n) is 5.40. The summed E-state index contributed by atoms with van der Waals surface area (Å²) in [6.07, 6.45) is 5.69. The van der Waals surface area contributed by atoms with Gasteiger partial charge in [0.1, 0.15) is 0 Å². The SMILES string of the molecule is Cc1ccc(S(=O)(=O)c2cc(C3CCCCC3)nc3cc(Cl)ccc23)cc1. The molecule has 5 heteroatoms. The maximum Gasteiger partial charge on any atom is 0.207 e. The van der Waals surface area contributed by atoms with Gasteiger partial charge in [-0.05, 0) is 50.1 Å². The topological polar surface area (TPSA) is 47.0 Å². The molecule has 27 heavy (non-hydrogen) atoms. The van der Waals surface area contributed by atoms with Crippen molar-refractivity contribution < 1.29 is 8.42 Å². The highest BCUT2D eigenvalue weighted by atomic mass is 35.5. The Morgan fingerprint density at radius 2 is 1.67 bits per heavy atom. The summed E-state index contributed by atoms with van der Waals surface area (Å²) in [5, 5.41) is 1.19. The van der Waals surface area contributed by atoms with Crippen LogP contribution in [0.3, 0.4) is 0 Å². The molecule has 0 N–H and O–H groups in total. The molecule has 0 unspecified atom stereocenters. The Bertz CT molecular complexity index is 1090. The van der Waals surface area contributed by atoms with Crippen LogP contribution in [0.1, 0.15) is 49.3 Å². The number of rotatable bonds is 3. The molecule has 4 rings (SSSR count). The predicted octanol–water partition coefficient (Wildman–Crippen LogP) is 6.08. The highest BCUT2D eigenvalue weighted by molar-refractivity contribution is 7.91. The molecule has 140 valence electrons. The Morgan fingerprint density at radius 3 is 2.37 bits per heavy atom. The zero-order valence-corrected chi connectivity index (χ0v) is 16.9. The maximum atomic E-state index is 13.4. The average Bonchev–Trinajstić information content (AvgIpc) is 2.68. The molecule has 0 saturated heterocycles. The Hall–Kier alpha value is -1.91. The largest absolute Gasteiger partial charge is 0.252 e. The number of halogens is 1. The van der Waals surface area contributed by atoms with Crippen LogP contribution < -0.4 is 0 Å². The molecule has 1 aliphatic carbocycles. The quantitative estimate of drug-likeness (QED) is 0.536. The zero-order chi connectivity index (χ0) is 19.0. The van der Waals surface area contributed by atoms with Gasteiger partial charge in [0.25, 0.3) is 0 Å². The Morgan fingerprint density at radius 1 is 0.963 bits per heavy atom. The van der Waals surface area contributed by atoms with E-state index >= 15 is 0 Å². The molecule has 1 aromatic heterocycles. The van der Waals surface area contributed by atoms with E-state index in [2.05, 4.69) is 0 Å². The molecule has 0 atom stereocenters. The van der Waals surface area contributed by atoms with E-state index in [1.807, 2.05) is 19.1 Å². The average molecular weight is 400 g/mol. The standard InChI is InChI=1S/C22H22ClNO2S/c1-15-7-10-18(11-8-15)27(25,26)22-14-20(16-5-3-2-4-6-16)24-21-13-17(23)9-12-19(21)22/h7-14,16H,2-6H2,1H3. The first-order chi connectivity index (χ1) is 12.9. The molecule has 3 aromatic rings. The van der Waals surface area contributed by atoms with Gasteiger partial charge in [-0.25, -0.2) is 8.42 Å². The second kappa shape index (κ2) is 7.25. The van der Waals surface area contributed by atoms with E-state index in [1.54, 1.807) is 36.4 Å². The summed E-state index contributed by atoms with van der Waals surface area (Å²) in [6.45, 7) is 1.95. The van der Waals surface area contributed by atoms with Crippen molar-refractivity contribution in [1.29, 1.82) is 0 Å². The van der Waals surface area contributed by atoms with E-state index in [-0.39, 0.29) is 0 Å². The van der Waals surface area contributed by atoms with Crippen LogP contribution in [0.2, 0.25) is 5.02 Å². The summed E-state index contributed by atoms with van der Waals surface area (Å²) in [6, 6.07) is 14.0. The first-order valence-corrected chi connectivity index (χ1v) is 11.2. The van der Waals surface area contributed by atoms with Crippen LogP contribution in [0, 0.1) is 6.92 Å². The second-order valence-corrected chi connectivity index (χ2v) is 9.71. The van der Waals surface area contributed by atoms with Crippen molar-refractivity contribution in [3.63, 3.8) is 0 Å². The minimum absolute atomic E-state index is 0.310. The molecular formula is C22H22ClNO2S. The van der Waals surface area contributed by atoms with Crippen molar-refractivity contribution in [2.24, 2.45) is 0 Å². The molecule has 1 saturated carbocycles. The van der Waals surface area contributed by atoms with Crippen LogP contribution in [0.5, 0.6) is 0 Å². The van der Waals surface area contributed by atoms with E-state index in [1.165, 1.54) is 19.3 Å². The molecule has 1 fully saturated rings. The van der Waals surface area contributed by atoms with Crippen LogP contribution in [0.4, 0.5) is 0 Å². The Labute approximate surface area is 165 Å². The number of aromatic nitrogens is 1. The van der Waals surface area contributed by atoms with E-state index in [9.17, 15) is 8.42 Å². The summed E-state index contributed by atoms with van der Waals surface area (Å²) >= 11 is 6.17. The Balaban J connectivity index is 1.93. The van der Waals surface area contributed by atoms with Gasteiger partial charge in [-0.3, -0.25) is 4.98 Å². The summed E-state index contributed by atoms with van der Waals surface area (Å²) in [5.74, 6) is 0.314. The van der Waals surface area contributed by atoms with Crippen molar-refractivity contribution in [3.05, 3.63) is 64.8 Å². The van der Waals surface area contributed by atoms with Crippen molar-refractivity contribution in [3.8, 4) is 0 Å². The van der Waals surface area contributed by atoms with Crippen LogP contribution >= 0.6 is 11.6 Å². The lowest BCUT2D eigenvalue weighted by Gasteiger charge is -2.22. The molecule has 0 aliphatic heterocycles. The molecule has 1 heterocycles. The molecule has 3 nitrogen and oxygen atoms in total. The van der Waals surface area contributed by atoms with Crippen molar-refractivity contribution in [2.45, 2.75) is 54.7 Å². The zero-order valence-electron chi connectivity index (χ0n) is 15.3. The van der Waals surface area contributed by atoms with Gasteiger partial charge in [-0.1, -0.05) is 54.6 Å². The Kier molecular flexibility index (Phi) is 4.95. The molecule has 0 spiro atoms. The number of pyridine rings is 1. The maximum absolute atomic E-state index is 13.4. The van der Waals surface area contributed by atoms with Gasteiger partial charge in [0, 0.05) is 22.0 Å². The van der Waals surface area contributed by atoms with Gasteiger partial charge in [0.15, 0.2) is 0 Å². The summed E-state index contributed by atoms with van der Waals surface area (Å²) in [4.78, 5) is 5.43. The molecule has 1 aliphatic rings. The lowest BCUT2D eigenvalue weighted by atomic mass is 9.86. The van der Waals surface area contributed by atoms with E-state index in [0.717, 1.165) is 24.1 Å². The second-order valence-electron chi connectivity index (χ2n) is 7.36. The fourth-order valence-electron chi connectivity index (χ4n) is 3.86. The summed E-state index contributed by atoms with van der Waals surface area (Å²) in [7, 11) is -3.64. The third kappa shape index (κ3) is 3.61. The van der Waals surface area contributed by atoms with E-state index in [0.29, 0.717) is 31.6 Å². The van der Waals surface area contributed by atoms with Crippen molar-refractivity contribution in [1.82, 2.24) is 4.98 Å².